The zero-order valence-electron chi connectivity index (χ0n) is 17.1. The third-order valence-electron chi connectivity index (χ3n) is 4.55. The zero-order chi connectivity index (χ0) is 23.3. The van der Waals surface area contributed by atoms with Crippen LogP contribution in [0.2, 0.25) is 10.0 Å². The molecule has 0 radical (unpaired) electrons. The molecule has 0 fully saturated rings. The van der Waals surface area contributed by atoms with Crippen LogP contribution in [0.4, 0.5) is 10.1 Å². The van der Waals surface area contributed by atoms with E-state index in [2.05, 4.69) is 5.32 Å². The van der Waals surface area contributed by atoms with Crippen LogP contribution < -0.4 is 9.62 Å². The maximum Gasteiger partial charge on any atom is 0.244 e. The molecule has 0 unspecified atom stereocenters. The van der Waals surface area contributed by atoms with Crippen molar-refractivity contribution in [2.24, 2.45) is 0 Å². The normalized spacial score (nSPS) is 12.2. The Hall–Kier alpha value is -2.36. The summed E-state index contributed by atoms with van der Waals surface area (Å²) in [5, 5.41) is 2.83. The topological polar surface area (TPSA) is 86.8 Å². The third kappa shape index (κ3) is 6.56. The molecule has 11 heteroatoms. The number of nitrogens with zero attached hydrogens (tertiary/aromatic N) is 2. The second kappa shape index (κ2) is 10.3. The summed E-state index contributed by atoms with van der Waals surface area (Å²) in [5.74, 6) is -1.50. The van der Waals surface area contributed by atoms with Gasteiger partial charge in [-0.3, -0.25) is 13.9 Å². The van der Waals surface area contributed by atoms with Crippen molar-refractivity contribution in [1.29, 1.82) is 0 Å². The van der Waals surface area contributed by atoms with E-state index in [-0.39, 0.29) is 22.3 Å². The van der Waals surface area contributed by atoms with E-state index in [0.29, 0.717) is 5.56 Å². The van der Waals surface area contributed by atoms with Crippen molar-refractivity contribution in [3.8, 4) is 0 Å². The smallest absolute Gasteiger partial charge is 0.244 e. The monoisotopic (exact) mass is 489 g/mol. The highest BCUT2D eigenvalue weighted by Gasteiger charge is 2.29. The van der Waals surface area contributed by atoms with Gasteiger partial charge in [0, 0.05) is 13.6 Å². The summed E-state index contributed by atoms with van der Waals surface area (Å²) in [6, 6.07) is 8.73. The van der Waals surface area contributed by atoms with Crippen molar-refractivity contribution < 1.29 is 22.4 Å². The maximum atomic E-state index is 13.2. The number of carbonyl (C=O) groups excluding carboxylic acids is 2. The first-order valence-corrected chi connectivity index (χ1v) is 11.7. The molecule has 2 aromatic rings. The predicted molar refractivity (Wildman–Crippen MR) is 119 cm³/mol. The lowest BCUT2D eigenvalue weighted by Gasteiger charge is -2.31. The van der Waals surface area contributed by atoms with Gasteiger partial charge in [-0.1, -0.05) is 35.3 Å². The van der Waals surface area contributed by atoms with Gasteiger partial charge < -0.3 is 10.2 Å². The molecule has 2 aromatic carbocycles. The summed E-state index contributed by atoms with van der Waals surface area (Å²) >= 11 is 11.9. The standard InChI is InChI=1S/C20H22Cl2FN3O4S/c1-13(20(28)24-2)25(11-14-4-6-15(23)7-5-14)19(27)12-26(31(3,29)30)16-8-9-17(21)18(22)10-16/h4-10,13H,11-12H2,1-3H3,(H,24,28)/t13-/m0/s1. The zero-order valence-corrected chi connectivity index (χ0v) is 19.4. The fourth-order valence-electron chi connectivity index (χ4n) is 2.83. The van der Waals surface area contributed by atoms with Gasteiger partial charge in [-0.2, -0.15) is 0 Å². The van der Waals surface area contributed by atoms with Crippen LogP contribution in [-0.2, 0) is 26.2 Å². The largest absolute Gasteiger partial charge is 0.357 e. The maximum absolute atomic E-state index is 13.2. The second-order valence-corrected chi connectivity index (χ2v) is 9.53. The van der Waals surface area contributed by atoms with Crippen LogP contribution in [0, 0.1) is 5.82 Å². The van der Waals surface area contributed by atoms with Gasteiger partial charge in [-0.25, -0.2) is 12.8 Å². The van der Waals surface area contributed by atoms with Gasteiger partial charge >= 0.3 is 0 Å². The number of halogens is 3. The Morgan fingerprint density at radius 3 is 2.23 bits per heavy atom. The van der Waals surface area contributed by atoms with Crippen molar-refractivity contribution >= 4 is 50.7 Å². The molecule has 0 aromatic heterocycles. The number of nitrogens with one attached hydrogen (secondary N) is 1. The first-order valence-electron chi connectivity index (χ1n) is 9.12. The molecule has 1 N–H and O–H groups in total. The van der Waals surface area contributed by atoms with E-state index in [1.807, 2.05) is 0 Å². The SMILES string of the molecule is CNC(=O)[C@H](C)N(Cc1ccc(F)cc1)C(=O)CN(c1ccc(Cl)c(Cl)c1)S(C)(=O)=O. The molecule has 168 valence electrons. The highest BCUT2D eigenvalue weighted by molar-refractivity contribution is 7.92. The average molecular weight is 490 g/mol. The molecule has 31 heavy (non-hydrogen) atoms. The van der Waals surface area contributed by atoms with E-state index < -0.39 is 40.2 Å². The molecule has 0 aliphatic rings. The Labute approximate surface area is 190 Å². The molecule has 1 atom stereocenters. The molecule has 0 aliphatic heterocycles. The van der Waals surface area contributed by atoms with Gasteiger partial charge in [0.05, 0.1) is 22.0 Å². The van der Waals surface area contributed by atoms with Gasteiger partial charge in [-0.15, -0.1) is 0 Å². The summed E-state index contributed by atoms with van der Waals surface area (Å²) in [6.45, 7) is 0.927. The first-order chi connectivity index (χ1) is 14.4. The molecule has 0 bridgehead atoms. The van der Waals surface area contributed by atoms with Gasteiger partial charge in [0.15, 0.2) is 0 Å². The van der Waals surface area contributed by atoms with Crippen molar-refractivity contribution in [2.45, 2.75) is 19.5 Å². The van der Waals surface area contributed by atoms with Crippen LogP contribution in [0.25, 0.3) is 0 Å². The summed E-state index contributed by atoms with van der Waals surface area (Å²) < 4.78 is 38.9. The van der Waals surface area contributed by atoms with Crippen molar-refractivity contribution in [1.82, 2.24) is 10.2 Å². The van der Waals surface area contributed by atoms with Crippen LogP contribution in [-0.4, -0.2) is 51.0 Å². The van der Waals surface area contributed by atoms with Crippen molar-refractivity contribution in [3.63, 3.8) is 0 Å². The van der Waals surface area contributed by atoms with Crippen LogP contribution in [0.15, 0.2) is 42.5 Å². The lowest BCUT2D eigenvalue weighted by molar-refractivity contribution is -0.139. The Morgan fingerprint density at radius 1 is 1.10 bits per heavy atom. The van der Waals surface area contributed by atoms with E-state index >= 15 is 0 Å². The minimum absolute atomic E-state index is 0.0212. The van der Waals surface area contributed by atoms with E-state index in [1.165, 1.54) is 61.3 Å². The molecule has 2 amide bonds. The summed E-state index contributed by atoms with van der Waals surface area (Å²) in [6.07, 6.45) is 0.954. The number of sulfonamides is 1. The predicted octanol–water partition coefficient (Wildman–Crippen LogP) is 3.06. The second-order valence-electron chi connectivity index (χ2n) is 6.81. The first kappa shape index (κ1) is 24.9. The molecule has 2 rings (SSSR count). The molecule has 7 nitrogen and oxygen atoms in total. The van der Waals surface area contributed by atoms with Crippen molar-refractivity contribution in [2.75, 3.05) is 24.2 Å². The van der Waals surface area contributed by atoms with E-state index in [1.54, 1.807) is 0 Å². The molecule has 0 spiro atoms. The Balaban J connectivity index is 2.39. The van der Waals surface area contributed by atoms with Crippen molar-refractivity contribution in [3.05, 3.63) is 63.9 Å². The molecule has 0 saturated carbocycles. The fourth-order valence-corrected chi connectivity index (χ4v) is 3.97. The van der Waals surface area contributed by atoms with Gasteiger partial charge in [0.1, 0.15) is 18.4 Å². The highest BCUT2D eigenvalue weighted by atomic mass is 35.5. The van der Waals surface area contributed by atoms with Crippen LogP contribution >= 0.6 is 23.2 Å². The highest BCUT2D eigenvalue weighted by Crippen LogP contribution is 2.28. The number of benzene rings is 2. The quantitative estimate of drug-likeness (QED) is 0.617. The third-order valence-corrected chi connectivity index (χ3v) is 6.43. The minimum atomic E-state index is -3.87. The number of hydrogen-bond acceptors (Lipinski definition) is 4. The molecule has 0 saturated heterocycles. The summed E-state index contributed by atoms with van der Waals surface area (Å²) in [7, 11) is -2.44. The number of amides is 2. The number of likely N-dealkylation sites (N-methyl/N-ethyl adjacent to an activating group) is 1. The molecular formula is C20H22Cl2FN3O4S. The summed E-state index contributed by atoms with van der Waals surface area (Å²) in [4.78, 5) is 26.6. The lowest BCUT2D eigenvalue weighted by Crippen LogP contribution is -2.50. The average Bonchev–Trinajstić information content (AvgIpc) is 2.71. The van der Waals surface area contributed by atoms with Gasteiger partial charge in [-0.05, 0) is 42.8 Å². The van der Waals surface area contributed by atoms with Gasteiger partial charge in [0.25, 0.3) is 0 Å². The number of rotatable bonds is 8. The minimum Gasteiger partial charge on any atom is -0.357 e. The Bertz CT molecular complexity index is 1060. The van der Waals surface area contributed by atoms with Crippen LogP contribution in [0.1, 0.15) is 12.5 Å². The number of anilines is 1. The molecular weight excluding hydrogens is 468 g/mol. The van der Waals surface area contributed by atoms with E-state index in [9.17, 15) is 22.4 Å². The fraction of sp³-hybridized carbons (Fsp3) is 0.300. The number of carbonyl (C=O) groups is 2. The van der Waals surface area contributed by atoms with Gasteiger partial charge in [0.2, 0.25) is 21.8 Å². The van der Waals surface area contributed by atoms with E-state index in [4.69, 9.17) is 23.2 Å². The Morgan fingerprint density at radius 2 is 1.71 bits per heavy atom. The number of hydrogen-bond donors (Lipinski definition) is 1. The van der Waals surface area contributed by atoms with Crippen LogP contribution in [0.5, 0.6) is 0 Å². The molecule has 0 heterocycles. The summed E-state index contributed by atoms with van der Waals surface area (Å²) in [5.41, 5.74) is 0.727. The van der Waals surface area contributed by atoms with Crippen LogP contribution in [0.3, 0.4) is 0 Å². The van der Waals surface area contributed by atoms with E-state index in [0.717, 1.165) is 10.6 Å². The lowest BCUT2D eigenvalue weighted by atomic mass is 10.1. The Kier molecular flexibility index (Phi) is 8.27. The molecule has 0 aliphatic carbocycles.